The third-order valence-corrected chi connectivity index (χ3v) is 11.6. The Labute approximate surface area is 289 Å². The first-order chi connectivity index (χ1) is 19.7. The Morgan fingerprint density at radius 2 is 1.98 bits per heavy atom. The maximum absolute atomic E-state index is 14.1. The fourth-order valence-electron chi connectivity index (χ4n) is 6.62. The molecule has 1 saturated carbocycles. The van der Waals surface area contributed by atoms with Crippen molar-refractivity contribution in [1.29, 1.82) is 0 Å². The molecule has 8 nitrogen and oxygen atoms in total. The van der Waals surface area contributed by atoms with E-state index in [1.54, 1.807) is 16.2 Å². The zero-order chi connectivity index (χ0) is 30.3. The molecule has 12 heteroatoms. The van der Waals surface area contributed by atoms with E-state index in [1.165, 1.54) is 0 Å². The fourth-order valence-corrected chi connectivity index (χ4v) is 8.61. The van der Waals surface area contributed by atoms with Gasteiger partial charge in [0.15, 0.2) is -0.565 Å². The normalized spacial score (nSPS) is 23.0. The van der Waals surface area contributed by atoms with Gasteiger partial charge in [-0.1, -0.05) is 38.6 Å². The molecule has 2 saturated heterocycles. The van der Waals surface area contributed by atoms with Gasteiger partial charge in [0.25, 0.3) is 5.91 Å². The van der Waals surface area contributed by atoms with E-state index in [1.807, 2.05) is 30.0 Å². The number of amides is 4. The molecule has 3 atom stereocenters. The lowest BCUT2D eigenvalue weighted by molar-refractivity contribution is -0.130. The van der Waals surface area contributed by atoms with E-state index in [-0.39, 0.29) is 34.5 Å². The second-order valence-corrected chi connectivity index (χ2v) is 24.1. The summed E-state index contributed by atoms with van der Waals surface area (Å²) in [6.07, 6.45) is 0.649. The van der Waals surface area contributed by atoms with Crippen molar-refractivity contribution in [3.05, 3.63) is 64.3 Å². The molecule has 3 N–H and O–H groups in total. The zero-order valence-corrected chi connectivity index (χ0v) is 30.6. The number of aryl methyl sites for hydroxylation is 1. The number of aromatic nitrogens is 1. The molecule has 0 radical (unpaired) electrons. The molecule has 3 fully saturated rings. The first-order valence-electron chi connectivity index (χ1n) is 13.6. The predicted octanol–water partition coefficient (Wildman–Crippen LogP) is 6.70. The van der Waals surface area contributed by atoms with Crippen LogP contribution in [0.5, 0.6) is 0 Å². The average Bonchev–Trinajstić information content (AvgIpc) is 3.30. The van der Waals surface area contributed by atoms with Gasteiger partial charge in [-0.05, 0) is 110 Å². The molecule has 0 bridgehead atoms. The minimum absolute atomic E-state index is 0.00591. The number of rotatable bonds is 6. The van der Waals surface area contributed by atoms with Gasteiger partial charge in [-0.3, -0.25) is 9.59 Å². The number of carbonyl (C=O) groups is 3. The summed E-state index contributed by atoms with van der Waals surface area (Å²) in [6, 6.07) is 9.47. The van der Waals surface area contributed by atoms with E-state index in [4.69, 9.17) is 10.7 Å². The van der Waals surface area contributed by atoms with Crippen LogP contribution in [0.2, 0.25) is 0 Å². The lowest BCUT2D eigenvalue weighted by Crippen LogP contribution is -2.41. The number of hydrogen-bond acceptors (Lipinski definition) is 5. The lowest BCUT2D eigenvalue weighted by atomic mass is 9.98. The molecule has 220 valence electrons. The van der Waals surface area contributed by atoms with Crippen molar-refractivity contribution < 1.29 is 14.4 Å². The van der Waals surface area contributed by atoms with E-state index >= 15 is 0 Å². The highest BCUT2D eigenvalue weighted by atomic mass is 127. The molecule has 42 heavy (non-hydrogen) atoms. The minimum Gasteiger partial charge on any atom is -0.352 e. The number of nitrogens with two attached hydrogens (primary N) is 1. The number of fused-ring (bicyclic) bond motifs is 2. The van der Waals surface area contributed by atoms with Gasteiger partial charge in [-0.25, -0.2) is 9.78 Å². The number of urea groups is 1. The number of pyridine rings is 1. The third-order valence-electron chi connectivity index (χ3n) is 8.77. The van der Waals surface area contributed by atoms with E-state index in [9.17, 15) is 14.4 Å². The van der Waals surface area contributed by atoms with Crippen LogP contribution in [0, 0.1) is 24.2 Å². The second kappa shape index (κ2) is 10.8. The number of likely N-dealkylation sites (tertiary alicyclic amines) is 2. The number of carbonyl (C=O) groups excluding carboxylic acids is 3. The number of piperidine rings is 1. The van der Waals surface area contributed by atoms with Crippen LogP contribution < -0.4 is 11.1 Å². The average molecular weight is 921 g/mol. The highest BCUT2D eigenvalue weighted by Crippen LogP contribution is 2.67. The van der Waals surface area contributed by atoms with Gasteiger partial charge >= 0.3 is 6.03 Å². The Morgan fingerprint density at radius 1 is 1.24 bits per heavy atom. The molecule has 2 aromatic heterocycles. The highest BCUT2D eigenvalue weighted by molar-refractivity contribution is 14.3. The Balaban J connectivity index is 1.39. The van der Waals surface area contributed by atoms with Crippen LogP contribution in [-0.2, 0) is 10.8 Å². The third kappa shape index (κ3) is 5.25. The summed E-state index contributed by atoms with van der Waals surface area (Å²) in [7, 11) is 0. The highest BCUT2D eigenvalue weighted by Gasteiger charge is 2.69. The van der Waals surface area contributed by atoms with Gasteiger partial charge in [0.05, 0.1) is 29.4 Å². The predicted molar refractivity (Wildman–Crippen MR) is 191 cm³/mol. The topological polar surface area (TPSA) is 109 Å². The molecule has 6 rings (SSSR count). The monoisotopic (exact) mass is 921 g/mol. The van der Waals surface area contributed by atoms with Crippen molar-refractivity contribution in [3.63, 3.8) is 0 Å². The van der Waals surface area contributed by atoms with Crippen molar-refractivity contribution >= 4 is 107 Å². The first kappa shape index (κ1) is 30.5. The van der Waals surface area contributed by atoms with Gasteiger partial charge in [0.1, 0.15) is 0 Å². The number of benzene rings is 1. The van der Waals surface area contributed by atoms with Crippen LogP contribution in [0.4, 0.5) is 4.79 Å². The van der Waals surface area contributed by atoms with Gasteiger partial charge < -0.3 is 20.9 Å². The molecule has 3 aliphatic rings. The Bertz CT molecular complexity index is 1660. The first-order valence-corrected chi connectivity index (χ1v) is 17.7. The van der Waals surface area contributed by atoms with E-state index in [0.29, 0.717) is 37.3 Å². The quantitative estimate of drug-likeness (QED) is 0.212. The van der Waals surface area contributed by atoms with Crippen molar-refractivity contribution in [3.8, 4) is 11.3 Å². The van der Waals surface area contributed by atoms with Crippen LogP contribution in [0.25, 0.3) is 21.3 Å². The number of thiophene rings is 1. The largest absolute Gasteiger partial charge is 0.352 e. The van der Waals surface area contributed by atoms with E-state index in [0.717, 1.165) is 37.5 Å². The summed E-state index contributed by atoms with van der Waals surface area (Å²) >= 11 is 8.71. The molecular weight excluding hydrogens is 891 g/mol. The Hall–Kier alpha value is -1.53. The fraction of sp³-hybridized carbons (Fsp3) is 0.400. The number of halogens is 3. The molecule has 3 unspecified atom stereocenters. The molecule has 1 aromatic carbocycles. The zero-order valence-electron chi connectivity index (χ0n) is 23.3. The van der Waals surface area contributed by atoms with Crippen LogP contribution in [0.15, 0.2) is 42.6 Å². The van der Waals surface area contributed by atoms with Gasteiger partial charge in [-0.2, -0.15) is 0 Å². The van der Waals surface area contributed by atoms with Gasteiger partial charge in [-0.15, -0.1) is 11.3 Å². The summed E-state index contributed by atoms with van der Waals surface area (Å²) in [5, 5.41) is 3.79. The SMILES string of the molecule is C=C1C2C(C(=O)N1Cc1cc3cccc(-c4nc(C(I)(I)I)cc(C)c4C(=O)N4CCC(NC(N)=O)C4)c3s1)C2(C)C. The molecule has 0 spiro atoms. The minimum atomic E-state index is -0.584. The lowest BCUT2D eigenvalue weighted by Gasteiger charge is -2.23. The van der Waals surface area contributed by atoms with Crippen molar-refractivity contribution in [2.24, 2.45) is 23.0 Å². The number of hydrogen-bond donors (Lipinski definition) is 2. The van der Waals surface area contributed by atoms with Crippen molar-refractivity contribution in [2.45, 2.75) is 39.2 Å². The summed E-state index contributed by atoms with van der Waals surface area (Å²) in [4.78, 5) is 48.5. The second-order valence-electron chi connectivity index (χ2n) is 11.9. The molecular formula is C30H30I3N5O3S. The number of primary amides is 1. The maximum Gasteiger partial charge on any atom is 0.312 e. The number of nitrogens with one attached hydrogen (secondary N) is 1. The Kier molecular flexibility index (Phi) is 7.86. The van der Waals surface area contributed by atoms with Crippen molar-refractivity contribution in [1.82, 2.24) is 20.1 Å². The molecule has 2 aliphatic heterocycles. The van der Waals surface area contributed by atoms with Crippen LogP contribution >= 0.6 is 79.1 Å². The molecule has 4 amide bonds. The smallest absolute Gasteiger partial charge is 0.312 e. The number of nitrogens with zero attached hydrogens (tertiary/aromatic N) is 3. The van der Waals surface area contributed by atoms with E-state index in [2.05, 4.69) is 106 Å². The maximum atomic E-state index is 14.1. The summed E-state index contributed by atoms with van der Waals surface area (Å²) in [5.74, 6) is 0.336. The molecule has 3 aromatic rings. The summed E-state index contributed by atoms with van der Waals surface area (Å²) in [5.41, 5.74) is 10.1. The summed E-state index contributed by atoms with van der Waals surface area (Å²) in [6.45, 7) is 11.9. The van der Waals surface area contributed by atoms with Crippen molar-refractivity contribution in [2.75, 3.05) is 13.1 Å². The number of allylic oxidation sites excluding steroid dienone is 1. The number of alkyl halides is 3. The molecule has 1 aliphatic carbocycles. The van der Waals surface area contributed by atoms with Gasteiger partial charge in [0, 0.05) is 45.9 Å². The Morgan fingerprint density at radius 3 is 2.62 bits per heavy atom. The standard InChI is InChI=1S/C30H30I3N5O3S/c1-14-10-20(30(31,32)33)36-24(21(14)26(39)37-9-8-17(12-37)35-28(34)41)19-7-5-6-16-11-18(42-25(16)19)13-38-15(2)22-23(27(38)40)29(22,3)4/h5-7,10-11,17,22-23H,2,8-9,12-13H2,1,3-4H3,(H3,34,35,41). The van der Waals surface area contributed by atoms with Gasteiger partial charge in [0.2, 0.25) is 5.91 Å². The molecule has 4 heterocycles. The van der Waals surface area contributed by atoms with Crippen LogP contribution in [0.3, 0.4) is 0 Å². The summed E-state index contributed by atoms with van der Waals surface area (Å²) < 4.78 is 0.724. The van der Waals surface area contributed by atoms with E-state index < -0.39 is 6.03 Å². The van der Waals surface area contributed by atoms with Crippen LogP contribution in [-0.4, -0.2) is 51.8 Å². The van der Waals surface area contributed by atoms with Crippen LogP contribution in [0.1, 0.15) is 46.8 Å².